The van der Waals surface area contributed by atoms with Gasteiger partial charge in [-0.2, -0.15) is 4.31 Å². The van der Waals surface area contributed by atoms with E-state index in [0.29, 0.717) is 6.54 Å². The number of hydrogen-bond acceptors (Lipinski definition) is 2. The minimum Gasteiger partial charge on any atom is -0.212 e. The summed E-state index contributed by atoms with van der Waals surface area (Å²) in [4.78, 5) is 0. The maximum Gasteiger partial charge on any atom is 0.211 e. The molecule has 0 aromatic rings. The third-order valence-electron chi connectivity index (χ3n) is 1.92. The van der Waals surface area contributed by atoms with E-state index in [-0.39, 0.29) is 6.04 Å². The van der Waals surface area contributed by atoms with Gasteiger partial charge >= 0.3 is 0 Å². The van der Waals surface area contributed by atoms with Crippen LogP contribution in [-0.2, 0) is 10.0 Å². The molecule has 12 heavy (non-hydrogen) atoms. The van der Waals surface area contributed by atoms with Gasteiger partial charge in [0.1, 0.15) is 0 Å². The molecule has 1 aliphatic rings. The summed E-state index contributed by atoms with van der Waals surface area (Å²) in [7, 11) is -2.92. The van der Waals surface area contributed by atoms with E-state index in [4.69, 9.17) is 0 Å². The molecular formula is C8H19NO2S. The van der Waals surface area contributed by atoms with Crippen LogP contribution in [0.1, 0.15) is 33.6 Å². The summed E-state index contributed by atoms with van der Waals surface area (Å²) < 4.78 is 23.5. The third-order valence-corrected chi connectivity index (χ3v) is 3.31. The summed E-state index contributed by atoms with van der Waals surface area (Å²) in [5.74, 6) is 0. The molecule has 3 nitrogen and oxygen atoms in total. The predicted octanol–water partition coefficient (Wildman–Crippen LogP) is 1.46. The molecular weight excluding hydrogens is 174 g/mol. The lowest BCUT2D eigenvalue weighted by atomic mass is 10.3. The SMILES string of the molecule is CC.CC1CCCN1S(C)(=O)=O. The van der Waals surface area contributed by atoms with Gasteiger partial charge in [-0.1, -0.05) is 13.8 Å². The molecule has 1 heterocycles. The highest BCUT2D eigenvalue weighted by Gasteiger charge is 2.27. The number of nitrogens with zero attached hydrogens (tertiary/aromatic N) is 1. The van der Waals surface area contributed by atoms with E-state index in [1.165, 1.54) is 6.26 Å². The van der Waals surface area contributed by atoms with Crippen LogP contribution in [0.25, 0.3) is 0 Å². The Morgan fingerprint density at radius 2 is 1.83 bits per heavy atom. The fourth-order valence-corrected chi connectivity index (χ4v) is 2.62. The minimum atomic E-state index is -2.92. The second kappa shape index (κ2) is 4.82. The molecule has 0 N–H and O–H groups in total. The van der Waals surface area contributed by atoms with Crippen LogP contribution in [0.2, 0.25) is 0 Å². The summed E-state index contributed by atoms with van der Waals surface area (Å²) in [5, 5.41) is 0. The fraction of sp³-hybridized carbons (Fsp3) is 1.00. The highest BCUT2D eigenvalue weighted by atomic mass is 32.2. The summed E-state index contributed by atoms with van der Waals surface area (Å²) in [6.45, 7) is 6.66. The molecule has 1 fully saturated rings. The molecule has 1 saturated heterocycles. The Labute approximate surface area is 75.8 Å². The normalized spacial score (nSPS) is 24.8. The summed E-state index contributed by atoms with van der Waals surface area (Å²) >= 11 is 0. The van der Waals surface area contributed by atoms with E-state index < -0.39 is 10.0 Å². The van der Waals surface area contributed by atoms with Crippen LogP contribution in [0.3, 0.4) is 0 Å². The lowest BCUT2D eigenvalue weighted by Crippen LogP contribution is -2.32. The number of sulfonamides is 1. The van der Waals surface area contributed by atoms with Crippen LogP contribution >= 0.6 is 0 Å². The van der Waals surface area contributed by atoms with Crippen molar-refractivity contribution < 1.29 is 8.42 Å². The monoisotopic (exact) mass is 193 g/mol. The Balaban J connectivity index is 0.000000561. The fourth-order valence-electron chi connectivity index (χ4n) is 1.40. The topological polar surface area (TPSA) is 37.4 Å². The molecule has 0 bridgehead atoms. The van der Waals surface area contributed by atoms with Crippen LogP contribution in [0.15, 0.2) is 0 Å². The van der Waals surface area contributed by atoms with Gasteiger partial charge in [-0.3, -0.25) is 0 Å². The average Bonchev–Trinajstić information content (AvgIpc) is 2.38. The van der Waals surface area contributed by atoms with Crippen molar-refractivity contribution in [3.05, 3.63) is 0 Å². The summed E-state index contributed by atoms with van der Waals surface area (Å²) in [6.07, 6.45) is 3.29. The molecule has 0 amide bonds. The van der Waals surface area contributed by atoms with Crippen LogP contribution in [-0.4, -0.2) is 31.6 Å². The first-order valence-electron chi connectivity index (χ1n) is 4.48. The highest BCUT2D eigenvalue weighted by Crippen LogP contribution is 2.18. The Hall–Kier alpha value is -0.0900. The standard InChI is InChI=1S/C6H13NO2S.C2H6/c1-6-4-3-5-7(6)10(2,8)9;1-2/h6H,3-5H2,1-2H3;1-2H3. The molecule has 1 aliphatic heterocycles. The second-order valence-corrected chi connectivity index (χ2v) is 4.80. The van der Waals surface area contributed by atoms with Crippen molar-refractivity contribution in [2.75, 3.05) is 12.8 Å². The lowest BCUT2D eigenvalue weighted by molar-refractivity contribution is 0.412. The Bertz CT molecular complexity index is 211. The zero-order valence-electron chi connectivity index (χ0n) is 8.37. The van der Waals surface area contributed by atoms with E-state index in [1.54, 1.807) is 4.31 Å². The van der Waals surface area contributed by atoms with Gasteiger partial charge < -0.3 is 0 Å². The number of rotatable bonds is 1. The van der Waals surface area contributed by atoms with Crippen LogP contribution < -0.4 is 0 Å². The predicted molar refractivity (Wildman–Crippen MR) is 51.6 cm³/mol. The Morgan fingerprint density at radius 3 is 2.00 bits per heavy atom. The van der Waals surface area contributed by atoms with Gasteiger partial charge in [-0.15, -0.1) is 0 Å². The van der Waals surface area contributed by atoms with E-state index in [9.17, 15) is 8.42 Å². The highest BCUT2D eigenvalue weighted by molar-refractivity contribution is 7.88. The minimum absolute atomic E-state index is 0.218. The molecule has 1 rings (SSSR count). The smallest absolute Gasteiger partial charge is 0.211 e. The largest absolute Gasteiger partial charge is 0.212 e. The summed E-state index contributed by atoms with van der Waals surface area (Å²) in [6, 6.07) is 0.218. The van der Waals surface area contributed by atoms with Gasteiger partial charge in [0.05, 0.1) is 6.26 Å². The third kappa shape index (κ3) is 3.11. The van der Waals surface area contributed by atoms with Crippen molar-refractivity contribution in [2.45, 2.75) is 39.7 Å². The lowest BCUT2D eigenvalue weighted by Gasteiger charge is -2.17. The van der Waals surface area contributed by atoms with Gasteiger partial charge in [0.25, 0.3) is 0 Å². The van der Waals surface area contributed by atoms with E-state index in [0.717, 1.165) is 12.8 Å². The second-order valence-electron chi connectivity index (χ2n) is 2.86. The molecule has 1 atom stereocenters. The average molecular weight is 193 g/mol. The molecule has 0 aromatic carbocycles. The molecule has 0 spiro atoms. The van der Waals surface area contributed by atoms with E-state index in [1.807, 2.05) is 20.8 Å². The van der Waals surface area contributed by atoms with Crippen LogP contribution in [0, 0.1) is 0 Å². The molecule has 4 heteroatoms. The van der Waals surface area contributed by atoms with Gasteiger partial charge in [0, 0.05) is 12.6 Å². The van der Waals surface area contributed by atoms with Gasteiger partial charge in [-0.25, -0.2) is 8.42 Å². The molecule has 0 aliphatic carbocycles. The first-order valence-corrected chi connectivity index (χ1v) is 6.33. The maximum absolute atomic E-state index is 11.0. The maximum atomic E-state index is 11.0. The van der Waals surface area contributed by atoms with Gasteiger partial charge in [0.2, 0.25) is 10.0 Å². The van der Waals surface area contributed by atoms with Crippen molar-refractivity contribution in [3.8, 4) is 0 Å². The molecule has 74 valence electrons. The van der Waals surface area contributed by atoms with E-state index >= 15 is 0 Å². The van der Waals surface area contributed by atoms with Crippen molar-refractivity contribution in [1.29, 1.82) is 0 Å². The zero-order chi connectivity index (χ0) is 9.78. The Morgan fingerprint density at radius 1 is 1.33 bits per heavy atom. The van der Waals surface area contributed by atoms with Crippen LogP contribution in [0.5, 0.6) is 0 Å². The molecule has 1 unspecified atom stereocenters. The Kier molecular flexibility index (Phi) is 4.78. The van der Waals surface area contributed by atoms with E-state index in [2.05, 4.69) is 0 Å². The molecule has 0 radical (unpaired) electrons. The van der Waals surface area contributed by atoms with Crippen molar-refractivity contribution in [3.63, 3.8) is 0 Å². The van der Waals surface area contributed by atoms with Crippen molar-refractivity contribution >= 4 is 10.0 Å². The summed E-state index contributed by atoms with van der Waals surface area (Å²) in [5.41, 5.74) is 0. The first-order chi connectivity index (χ1) is 5.52. The first kappa shape index (κ1) is 11.9. The molecule has 0 aromatic heterocycles. The zero-order valence-corrected chi connectivity index (χ0v) is 9.19. The van der Waals surface area contributed by atoms with Crippen molar-refractivity contribution in [2.24, 2.45) is 0 Å². The van der Waals surface area contributed by atoms with Gasteiger partial charge in [0.15, 0.2) is 0 Å². The quantitative estimate of drug-likeness (QED) is 0.632. The number of hydrogen-bond donors (Lipinski definition) is 0. The van der Waals surface area contributed by atoms with Crippen molar-refractivity contribution in [1.82, 2.24) is 4.31 Å². The van der Waals surface area contributed by atoms with Gasteiger partial charge in [-0.05, 0) is 19.8 Å². The van der Waals surface area contributed by atoms with Crippen LogP contribution in [0.4, 0.5) is 0 Å². The molecule has 0 saturated carbocycles.